The highest BCUT2D eigenvalue weighted by atomic mass is 16.5. The lowest BCUT2D eigenvalue weighted by molar-refractivity contribution is 0.0955. The molecule has 1 aromatic heterocycles. The Morgan fingerprint density at radius 1 is 1.07 bits per heavy atom. The summed E-state index contributed by atoms with van der Waals surface area (Å²) in [5, 5.41) is 13.2. The monoisotopic (exact) mass is 386 g/mol. The van der Waals surface area contributed by atoms with E-state index in [9.17, 15) is 9.90 Å². The van der Waals surface area contributed by atoms with Crippen molar-refractivity contribution in [2.24, 2.45) is 5.10 Å². The van der Waals surface area contributed by atoms with Gasteiger partial charge in [0, 0.05) is 5.56 Å². The first-order valence-electron chi connectivity index (χ1n) is 8.96. The molecule has 1 amide bonds. The third-order valence-electron chi connectivity index (χ3n) is 4.20. The van der Waals surface area contributed by atoms with Crippen molar-refractivity contribution in [3.63, 3.8) is 0 Å². The maximum Gasteiger partial charge on any atom is 0.271 e. The van der Waals surface area contributed by atoms with Crippen LogP contribution in [0.15, 0.2) is 77.9 Å². The highest BCUT2D eigenvalue weighted by Gasteiger charge is 2.06. The Bertz CT molecular complexity index is 1120. The molecule has 7 heteroatoms. The zero-order valence-corrected chi connectivity index (χ0v) is 15.4. The van der Waals surface area contributed by atoms with Gasteiger partial charge >= 0.3 is 0 Å². The van der Waals surface area contributed by atoms with E-state index in [-0.39, 0.29) is 11.7 Å². The molecule has 0 atom stereocenters. The smallest absolute Gasteiger partial charge is 0.271 e. The second-order valence-electron chi connectivity index (χ2n) is 6.30. The summed E-state index contributed by atoms with van der Waals surface area (Å²) in [7, 11) is 0. The van der Waals surface area contributed by atoms with E-state index >= 15 is 0 Å². The van der Waals surface area contributed by atoms with E-state index in [4.69, 9.17) is 4.74 Å². The first-order valence-corrected chi connectivity index (χ1v) is 8.96. The number of hydrogen-bond donors (Lipinski definition) is 3. The number of ether oxygens (including phenoxy) is 1. The molecule has 4 aromatic rings. The van der Waals surface area contributed by atoms with Gasteiger partial charge in [0.15, 0.2) is 0 Å². The molecule has 0 unspecified atom stereocenters. The summed E-state index contributed by atoms with van der Waals surface area (Å²) in [6, 6.07) is 21.0. The van der Waals surface area contributed by atoms with Crippen LogP contribution >= 0.6 is 0 Å². The molecule has 0 aliphatic carbocycles. The van der Waals surface area contributed by atoms with E-state index in [2.05, 4.69) is 20.5 Å². The largest absolute Gasteiger partial charge is 0.508 e. The molecule has 0 saturated carbocycles. The number of nitrogens with zero attached hydrogens (tertiary/aromatic N) is 2. The van der Waals surface area contributed by atoms with E-state index in [1.807, 2.05) is 24.3 Å². The van der Waals surface area contributed by atoms with Crippen LogP contribution in [0.1, 0.15) is 21.7 Å². The first-order chi connectivity index (χ1) is 14.2. The molecule has 3 N–H and O–H groups in total. The van der Waals surface area contributed by atoms with Gasteiger partial charge in [-0.15, -0.1) is 0 Å². The summed E-state index contributed by atoms with van der Waals surface area (Å²) in [6.07, 6.45) is 1.50. The number of imidazole rings is 1. The number of phenols is 1. The zero-order valence-electron chi connectivity index (χ0n) is 15.4. The summed E-state index contributed by atoms with van der Waals surface area (Å²) in [5.74, 6) is 1.21. The molecular weight excluding hydrogens is 368 g/mol. The molecule has 7 nitrogen and oxygen atoms in total. The number of hydrogen-bond acceptors (Lipinski definition) is 5. The Morgan fingerprint density at radius 3 is 2.59 bits per heavy atom. The molecule has 0 aliphatic heterocycles. The number of rotatable bonds is 6. The first kappa shape index (κ1) is 18.2. The average Bonchev–Trinajstić information content (AvgIpc) is 3.17. The highest BCUT2D eigenvalue weighted by Crippen LogP contribution is 2.15. The Hall–Kier alpha value is -4.13. The number of nitrogens with one attached hydrogen (secondary N) is 2. The normalized spacial score (nSPS) is 11.0. The number of carbonyl (C=O) groups excluding carboxylic acids is 1. The molecule has 0 aliphatic rings. The van der Waals surface area contributed by atoms with Crippen molar-refractivity contribution in [3.05, 3.63) is 89.7 Å². The van der Waals surface area contributed by atoms with Gasteiger partial charge in [-0.1, -0.05) is 12.1 Å². The minimum Gasteiger partial charge on any atom is -0.508 e. The maximum atomic E-state index is 12.2. The SMILES string of the molecule is O=C(N/N=C/c1ccc(O)cc1)c1ccc(OCc2nc3ccccc3[nH]2)cc1. The van der Waals surface area contributed by atoms with Crippen LogP contribution in [0.5, 0.6) is 11.5 Å². The number of phenolic OH excluding ortho intramolecular Hbond substituents is 1. The quantitative estimate of drug-likeness (QED) is 0.348. The van der Waals surface area contributed by atoms with Crippen molar-refractivity contribution >= 4 is 23.2 Å². The van der Waals surface area contributed by atoms with E-state index < -0.39 is 0 Å². The number of aromatic amines is 1. The predicted octanol–water partition coefficient (Wildman–Crippen LogP) is 3.61. The van der Waals surface area contributed by atoms with Crippen molar-refractivity contribution in [3.8, 4) is 11.5 Å². The summed E-state index contributed by atoms with van der Waals surface area (Å²) in [6.45, 7) is 0.303. The van der Waals surface area contributed by atoms with Crippen molar-refractivity contribution in [1.29, 1.82) is 0 Å². The fraction of sp³-hybridized carbons (Fsp3) is 0.0455. The summed E-state index contributed by atoms with van der Waals surface area (Å²) >= 11 is 0. The van der Waals surface area contributed by atoms with E-state index in [0.29, 0.717) is 17.9 Å². The zero-order chi connectivity index (χ0) is 20.1. The van der Waals surface area contributed by atoms with Gasteiger partial charge < -0.3 is 14.8 Å². The third-order valence-corrected chi connectivity index (χ3v) is 4.20. The second kappa shape index (κ2) is 8.26. The highest BCUT2D eigenvalue weighted by molar-refractivity contribution is 5.95. The van der Waals surface area contributed by atoms with Crippen LogP contribution in [0, 0.1) is 0 Å². The number of carbonyl (C=O) groups is 1. The standard InChI is InChI=1S/C22H18N4O3/c27-17-9-5-15(6-10-17)13-23-26-22(28)16-7-11-18(12-8-16)29-14-21-24-19-3-1-2-4-20(19)25-21/h1-13,27H,14H2,(H,24,25)(H,26,28)/b23-13+. The number of para-hydroxylation sites is 2. The predicted molar refractivity (Wildman–Crippen MR) is 110 cm³/mol. The molecule has 1 heterocycles. The van der Waals surface area contributed by atoms with Gasteiger partial charge in [-0.25, -0.2) is 10.4 Å². The van der Waals surface area contributed by atoms with Crippen LogP contribution in [-0.2, 0) is 6.61 Å². The Labute approximate surface area is 166 Å². The topological polar surface area (TPSA) is 99.6 Å². The van der Waals surface area contributed by atoms with Crippen molar-refractivity contribution < 1.29 is 14.6 Å². The average molecular weight is 386 g/mol. The number of fused-ring (bicyclic) bond motifs is 1. The Balaban J connectivity index is 1.32. The number of aromatic hydroxyl groups is 1. The van der Waals surface area contributed by atoms with Gasteiger partial charge in [-0.2, -0.15) is 5.10 Å². The minimum atomic E-state index is -0.330. The molecule has 4 rings (SSSR count). The number of benzene rings is 3. The molecule has 0 bridgehead atoms. The minimum absolute atomic E-state index is 0.175. The fourth-order valence-corrected chi connectivity index (χ4v) is 2.72. The molecule has 0 spiro atoms. The van der Waals surface area contributed by atoms with Crippen LogP contribution in [0.4, 0.5) is 0 Å². The van der Waals surface area contributed by atoms with Crippen LogP contribution in [0.3, 0.4) is 0 Å². The lowest BCUT2D eigenvalue weighted by Crippen LogP contribution is -2.17. The van der Waals surface area contributed by atoms with E-state index in [1.54, 1.807) is 48.5 Å². The Kier molecular flexibility index (Phi) is 5.20. The molecular formula is C22H18N4O3. The molecule has 144 valence electrons. The van der Waals surface area contributed by atoms with Gasteiger partial charge in [-0.05, 0) is 66.2 Å². The summed E-state index contributed by atoms with van der Waals surface area (Å²) in [4.78, 5) is 19.8. The number of amides is 1. The third kappa shape index (κ3) is 4.59. The van der Waals surface area contributed by atoms with E-state index in [0.717, 1.165) is 22.4 Å². The van der Waals surface area contributed by atoms with Gasteiger partial charge in [0.05, 0.1) is 17.2 Å². The molecule has 0 fully saturated rings. The van der Waals surface area contributed by atoms with Crippen LogP contribution in [-0.4, -0.2) is 27.2 Å². The lowest BCUT2D eigenvalue weighted by Gasteiger charge is -2.05. The maximum absolute atomic E-state index is 12.2. The van der Waals surface area contributed by atoms with Crippen LogP contribution in [0.2, 0.25) is 0 Å². The number of H-pyrrole nitrogens is 1. The van der Waals surface area contributed by atoms with Gasteiger partial charge in [0.25, 0.3) is 5.91 Å². The Morgan fingerprint density at radius 2 is 1.83 bits per heavy atom. The molecule has 0 saturated heterocycles. The molecule has 0 radical (unpaired) electrons. The number of hydrazone groups is 1. The van der Waals surface area contributed by atoms with Crippen molar-refractivity contribution in [2.45, 2.75) is 6.61 Å². The van der Waals surface area contributed by atoms with Crippen LogP contribution < -0.4 is 10.2 Å². The van der Waals surface area contributed by atoms with Gasteiger partial charge in [-0.3, -0.25) is 4.79 Å². The molecule has 29 heavy (non-hydrogen) atoms. The van der Waals surface area contributed by atoms with Gasteiger partial charge in [0.2, 0.25) is 0 Å². The molecule has 3 aromatic carbocycles. The van der Waals surface area contributed by atoms with Crippen LogP contribution in [0.25, 0.3) is 11.0 Å². The van der Waals surface area contributed by atoms with Crippen molar-refractivity contribution in [1.82, 2.24) is 15.4 Å². The van der Waals surface area contributed by atoms with E-state index in [1.165, 1.54) is 6.21 Å². The lowest BCUT2D eigenvalue weighted by atomic mass is 10.2. The summed E-state index contributed by atoms with van der Waals surface area (Å²) in [5.41, 5.74) is 5.55. The van der Waals surface area contributed by atoms with Gasteiger partial charge in [0.1, 0.15) is 23.9 Å². The number of aromatic nitrogens is 2. The second-order valence-corrected chi connectivity index (χ2v) is 6.30. The fourth-order valence-electron chi connectivity index (χ4n) is 2.72. The summed E-state index contributed by atoms with van der Waals surface area (Å²) < 4.78 is 5.73. The van der Waals surface area contributed by atoms with Crippen molar-refractivity contribution in [2.75, 3.05) is 0 Å².